The molecule has 0 fully saturated rings. The zero-order chi connectivity index (χ0) is 20.5. The van der Waals surface area contributed by atoms with E-state index in [1.54, 1.807) is 37.3 Å². The van der Waals surface area contributed by atoms with Gasteiger partial charge in [0.15, 0.2) is 0 Å². The van der Waals surface area contributed by atoms with E-state index in [1.165, 1.54) is 0 Å². The van der Waals surface area contributed by atoms with Gasteiger partial charge in [0, 0.05) is 6.42 Å². The molecule has 0 aromatic heterocycles. The van der Waals surface area contributed by atoms with Gasteiger partial charge in [-0.25, -0.2) is 9.79 Å². The molecule has 0 unspecified atom stereocenters. The highest BCUT2D eigenvalue weighted by atomic mass is 32.2. The van der Waals surface area contributed by atoms with Crippen molar-refractivity contribution in [2.75, 3.05) is 13.2 Å². The first kappa shape index (κ1) is 21.3. The maximum absolute atomic E-state index is 12.2. The number of aliphatic hydroxyl groups is 1. The molecule has 0 bridgehead atoms. The number of benzene rings is 1. The number of amides is 1. The third-order valence-electron chi connectivity index (χ3n) is 3.56. The Balaban J connectivity index is 2.34. The van der Waals surface area contributed by atoms with Crippen LogP contribution in [-0.2, 0) is 14.3 Å². The average molecular weight is 399 g/mol. The number of carbonyl (C=O) groups excluding carboxylic acids is 2. The predicted molar refractivity (Wildman–Crippen MR) is 110 cm³/mol. The normalized spacial score (nSPS) is 16.3. The van der Waals surface area contributed by atoms with Crippen LogP contribution in [0.3, 0.4) is 0 Å². The van der Waals surface area contributed by atoms with E-state index in [4.69, 9.17) is 15.9 Å². The van der Waals surface area contributed by atoms with Crippen LogP contribution in [0.4, 0.5) is 0 Å². The zero-order valence-corrected chi connectivity index (χ0v) is 16.5. The van der Waals surface area contributed by atoms with Gasteiger partial charge >= 0.3 is 5.97 Å². The highest BCUT2D eigenvalue weighted by Gasteiger charge is 2.33. The smallest absolute Gasteiger partial charge is 0.344 e. The molecule has 0 saturated carbocycles. The number of terminal acetylenes is 1. The van der Waals surface area contributed by atoms with Crippen LogP contribution in [-0.4, -0.2) is 35.2 Å². The van der Waals surface area contributed by atoms with Crippen molar-refractivity contribution in [3.8, 4) is 18.1 Å². The second-order valence-electron chi connectivity index (χ2n) is 5.68. The van der Waals surface area contributed by atoms with Gasteiger partial charge in [-0.3, -0.25) is 4.79 Å². The van der Waals surface area contributed by atoms with E-state index in [-0.39, 0.29) is 41.9 Å². The van der Waals surface area contributed by atoms with E-state index in [0.717, 1.165) is 17.3 Å². The Morgan fingerprint density at radius 1 is 1.29 bits per heavy atom. The molecule has 2 rings (SSSR count). The molecule has 1 aromatic rings. The molecule has 28 heavy (non-hydrogen) atoms. The number of rotatable bonds is 7. The van der Waals surface area contributed by atoms with Crippen LogP contribution in [0.5, 0.6) is 5.75 Å². The van der Waals surface area contributed by atoms with Crippen LogP contribution >= 0.6 is 11.8 Å². The Bertz CT molecular complexity index is 875. The molecule has 1 aromatic carbocycles. The van der Waals surface area contributed by atoms with Crippen LogP contribution in [0, 0.1) is 12.3 Å². The molecule has 1 aliphatic heterocycles. The number of hydrogen-bond donors (Lipinski definition) is 1. The monoisotopic (exact) mass is 399 g/mol. The number of hydrogen-bond acceptors (Lipinski definition) is 6. The van der Waals surface area contributed by atoms with E-state index < -0.39 is 5.97 Å². The van der Waals surface area contributed by atoms with E-state index >= 15 is 0 Å². The fourth-order valence-corrected chi connectivity index (χ4v) is 3.34. The number of nitrogens with zero attached hydrogens (tertiary/aromatic N) is 1. The molecule has 1 amide bonds. The zero-order valence-electron chi connectivity index (χ0n) is 15.7. The molecule has 1 N–H and O–H groups in total. The lowest BCUT2D eigenvalue weighted by atomic mass is 10.1. The van der Waals surface area contributed by atoms with Crippen LogP contribution < -0.4 is 4.74 Å². The van der Waals surface area contributed by atoms with Crippen LogP contribution in [0.1, 0.15) is 32.3 Å². The van der Waals surface area contributed by atoms with Gasteiger partial charge in [-0.2, -0.15) is 0 Å². The first-order valence-electron chi connectivity index (χ1n) is 8.78. The number of aliphatic imine (C=N–C) groups is 1. The number of thioether (sulfide) groups is 1. The van der Waals surface area contributed by atoms with Gasteiger partial charge in [0.1, 0.15) is 28.7 Å². The third-order valence-corrected chi connectivity index (χ3v) is 4.58. The summed E-state index contributed by atoms with van der Waals surface area (Å²) >= 11 is 1.06. The number of carbonyl (C=O) groups is 2. The van der Waals surface area contributed by atoms with E-state index in [9.17, 15) is 14.7 Å². The van der Waals surface area contributed by atoms with Gasteiger partial charge in [0.2, 0.25) is 5.91 Å². The minimum Gasteiger partial charge on any atom is -0.506 e. The Morgan fingerprint density at radius 3 is 2.61 bits per heavy atom. The van der Waals surface area contributed by atoms with E-state index in [1.807, 2.05) is 6.92 Å². The summed E-state index contributed by atoms with van der Waals surface area (Å²) in [7, 11) is 0. The summed E-state index contributed by atoms with van der Waals surface area (Å²) in [6.07, 6.45) is 7.76. The number of ether oxygens (including phenoxy) is 2. The first-order valence-corrected chi connectivity index (χ1v) is 9.60. The average Bonchev–Trinajstić information content (AvgIpc) is 2.96. The third kappa shape index (κ3) is 5.51. The molecule has 1 heterocycles. The van der Waals surface area contributed by atoms with Gasteiger partial charge in [-0.15, -0.1) is 6.42 Å². The highest BCUT2D eigenvalue weighted by molar-refractivity contribution is 8.18. The Morgan fingerprint density at radius 2 is 2.00 bits per heavy atom. The summed E-state index contributed by atoms with van der Waals surface area (Å²) in [5.41, 5.74) is 0.683. The SMILES string of the molecule is C#CCOc1ccc(/C=C2\SC(=NC(=O)CCC)C(C(=O)OCC)=C2O)cc1. The molecular formula is C21H21NO5S. The summed E-state index contributed by atoms with van der Waals surface area (Å²) in [4.78, 5) is 28.5. The second-order valence-corrected chi connectivity index (χ2v) is 6.71. The van der Waals surface area contributed by atoms with Gasteiger partial charge < -0.3 is 14.6 Å². The van der Waals surface area contributed by atoms with Gasteiger partial charge in [-0.1, -0.05) is 36.7 Å². The second kappa shape index (κ2) is 10.4. The fourth-order valence-electron chi connectivity index (χ4n) is 2.31. The molecule has 0 spiro atoms. The summed E-state index contributed by atoms with van der Waals surface area (Å²) in [5.74, 6) is 1.70. The molecule has 0 aliphatic carbocycles. The predicted octanol–water partition coefficient (Wildman–Crippen LogP) is 3.89. The maximum Gasteiger partial charge on any atom is 0.344 e. The molecule has 7 heteroatoms. The summed E-state index contributed by atoms with van der Waals surface area (Å²) in [6, 6.07) is 7.06. The van der Waals surface area contributed by atoms with E-state index in [2.05, 4.69) is 10.9 Å². The van der Waals surface area contributed by atoms with Crippen molar-refractivity contribution >= 4 is 34.8 Å². The van der Waals surface area contributed by atoms with Crippen molar-refractivity contribution in [1.29, 1.82) is 0 Å². The van der Waals surface area contributed by atoms with E-state index in [0.29, 0.717) is 17.1 Å². The lowest BCUT2D eigenvalue weighted by molar-refractivity contribution is -0.138. The molecule has 1 aliphatic rings. The van der Waals surface area contributed by atoms with Crippen molar-refractivity contribution in [3.63, 3.8) is 0 Å². The fraction of sp³-hybridized carbons (Fsp3) is 0.286. The van der Waals surface area contributed by atoms with Crippen LogP contribution in [0.15, 0.2) is 45.5 Å². The maximum atomic E-state index is 12.2. The quantitative estimate of drug-likeness (QED) is 0.553. The van der Waals surface area contributed by atoms with Crippen molar-refractivity contribution in [2.45, 2.75) is 26.7 Å². The van der Waals surface area contributed by atoms with Crippen LogP contribution in [0.2, 0.25) is 0 Å². The minimum atomic E-state index is -0.711. The first-order chi connectivity index (χ1) is 13.5. The molecular weight excluding hydrogens is 378 g/mol. The molecule has 146 valence electrons. The van der Waals surface area contributed by atoms with Crippen molar-refractivity contribution in [1.82, 2.24) is 0 Å². The van der Waals surface area contributed by atoms with Crippen molar-refractivity contribution in [3.05, 3.63) is 46.1 Å². The molecule has 6 nitrogen and oxygen atoms in total. The van der Waals surface area contributed by atoms with Gasteiger partial charge in [0.25, 0.3) is 0 Å². The van der Waals surface area contributed by atoms with Gasteiger partial charge in [-0.05, 0) is 37.1 Å². The molecule has 0 radical (unpaired) electrons. The molecule has 0 saturated heterocycles. The number of aliphatic hydroxyl groups excluding tert-OH is 1. The van der Waals surface area contributed by atoms with Crippen molar-refractivity contribution < 1.29 is 24.2 Å². The van der Waals surface area contributed by atoms with Crippen molar-refractivity contribution in [2.24, 2.45) is 4.99 Å². The minimum absolute atomic E-state index is 0.0865. The molecule has 0 atom stereocenters. The highest BCUT2D eigenvalue weighted by Crippen LogP contribution is 2.39. The standard InChI is InChI=1S/C21H21NO5S/c1-4-7-17(23)22-20-18(21(25)26-6-3)19(24)16(28-20)13-14-8-10-15(11-9-14)27-12-5-2/h2,8-11,13,24H,4,6-7,12H2,1,3H3/b16-13-,22-20?. The Kier molecular flexibility index (Phi) is 7.90. The van der Waals surface area contributed by atoms with Crippen LogP contribution in [0.25, 0.3) is 6.08 Å². The topological polar surface area (TPSA) is 85.2 Å². The lowest BCUT2D eigenvalue weighted by Gasteiger charge is -2.03. The van der Waals surface area contributed by atoms with Gasteiger partial charge in [0.05, 0.1) is 11.5 Å². The summed E-state index contributed by atoms with van der Waals surface area (Å²) in [6.45, 7) is 3.85. The Labute approximate surface area is 168 Å². The Hall–Kier alpha value is -2.98. The number of esters is 1. The summed E-state index contributed by atoms with van der Waals surface area (Å²) < 4.78 is 10.3. The lowest BCUT2D eigenvalue weighted by Crippen LogP contribution is -2.14. The summed E-state index contributed by atoms with van der Waals surface area (Å²) in [5, 5.41) is 10.7. The largest absolute Gasteiger partial charge is 0.506 e.